The zero-order chi connectivity index (χ0) is 32.1. The SMILES string of the molecule is CC(C)(C)OP(=O)(CSC[C@H]1O[C@@H](n2ncc3c(NCc4ccccc4Cl)nc(Cl)nc32)[C@@H]2OC(C)(C)O[C@@H]21)OC(C)(C)C. The van der Waals surface area contributed by atoms with Crippen LogP contribution in [0.4, 0.5) is 5.82 Å². The molecule has 4 atom stereocenters. The second kappa shape index (κ2) is 12.6. The molecule has 0 bridgehead atoms. The number of anilines is 1. The number of rotatable bonds is 10. The molecular weight excluding hydrogens is 648 g/mol. The highest BCUT2D eigenvalue weighted by molar-refractivity contribution is 8.04. The van der Waals surface area contributed by atoms with E-state index >= 15 is 0 Å². The molecule has 44 heavy (non-hydrogen) atoms. The van der Waals surface area contributed by atoms with Gasteiger partial charge in [0.05, 0.1) is 34.4 Å². The molecule has 4 heterocycles. The van der Waals surface area contributed by atoms with E-state index in [9.17, 15) is 4.57 Å². The van der Waals surface area contributed by atoms with E-state index in [4.69, 9.17) is 46.5 Å². The highest BCUT2D eigenvalue weighted by Gasteiger charge is 2.56. The van der Waals surface area contributed by atoms with Gasteiger partial charge >= 0.3 is 7.60 Å². The molecule has 2 aliphatic heterocycles. The minimum atomic E-state index is -3.44. The van der Waals surface area contributed by atoms with Gasteiger partial charge in [-0.25, -0.2) is 4.68 Å². The molecule has 0 saturated carbocycles. The molecule has 15 heteroatoms. The fourth-order valence-corrected chi connectivity index (χ4v) is 9.53. The van der Waals surface area contributed by atoms with Crippen LogP contribution < -0.4 is 5.32 Å². The third-order valence-electron chi connectivity index (χ3n) is 6.55. The Morgan fingerprint density at radius 2 is 1.70 bits per heavy atom. The fourth-order valence-electron chi connectivity index (χ4n) is 5.22. The van der Waals surface area contributed by atoms with Crippen molar-refractivity contribution >= 4 is 59.4 Å². The Hall–Kier alpha value is -1.47. The summed E-state index contributed by atoms with van der Waals surface area (Å²) < 4.78 is 46.5. The fraction of sp³-hybridized carbons (Fsp3) is 0.621. The highest BCUT2D eigenvalue weighted by atomic mass is 35.5. The van der Waals surface area contributed by atoms with E-state index in [1.165, 1.54) is 11.8 Å². The maximum Gasteiger partial charge on any atom is 0.341 e. The largest absolute Gasteiger partial charge is 0.365 e. The number of nitrogens with one attached hydrogen (secondary N) is 1. The molecule has 2 aromatic heterocycles. The molecule has 5 rings (SSSR count). The lowest BCUT2D eigenvalue weighted by molar-refractivity contribution is -0.195. The van der Waals surface area contributed by atoms with Gasteiger partial charge in [0.15, 0.2) is 17.7 Å². The van der Waals surface area contributed by atoms with Gasteiger partial charge in [-0.3, -0.25) is 4.57 Å². The van der Waals surface area contributed by atoms with Crippen LogP contribution in [-0.2, 0) is 34.4 Å². The molecule has 0 radical (unpaired) electrons. The zero-order valence-electron chi connectivity index (χ0n) is 26.2. The van der Waals surface area contributed by atoms with Gasteiger partial charge in [-0.15, -0.1) is 11.8 Å². The molecule has 0 spiro atoms. The third-order valence-corrected chi connectivity index (χ3v) is 11.3. The van der Waals surface area contributed by atoms with E-state index in [1.807, 2.05) is 79.7 Å². The first-order chi connectivity index (χ1) is 20.4. The van der Waals surface area contributed by atoms with Crippen molar-refractivity contribution in [1.29, 1.82) is 0 Å². The van der Waals surface area contributed by atoms with Crippen LogP contribution in [0, 0.1) is 0 Å². The minimum Gasteiger partial charge on any atom is -0.365 e. The predicted molar refractivity (Wildman–Crippen MR) is 173 cm³/mol. The van der Waals surface area contributed by atoms with Crippen molar-refractivity contribution in [3.05, 3.63) is 46.3 Å². The summed E-state index contributed by atoms with van der Waals surface area (Å²) in [5.41, 5.74) is 0.273. The second-order valence-corrected chi connectivity index (χ2v) is 17.4. The Balaban J connectivity index is 1.36. The van der Waals surface area contributed by atoms with Crippen LogP contribution >= 0.6 is 42.6 Å². The lowest BCUT2D eigenvalue weighted by Gasteiger charge is -2.32. The van der Waals surface area contributed by atoms with Crippen LogP contribution in [0.15, 0.2) is 30.5 Å². The summed E-state index contributed by atoms with van der Waals surface area (Å²) in [6.45, 7) is 15.3. The van der Waals surface area contributed by atoms with Crippen molar-refractivity contribution in [3.8, 4) is 0 Å². The summed E-state index contributed by atoms with van der Waals surface area (Å²) in [5.74, 6) is 0.143. The van der Waals surface area contributed by atoms with E-state index in [1.54, 1.807) is 10.9 Å². The Labute approximate surface area is 272 Å². The number of ether oxygens (including phenoxy) is 3. The first-order valence-corrected chi connectivity index (χ1v) is 18.0. The number of halogens is 2. The predicted octanol–water partition coefficient (Wildman–Crippen LogP) is 7.68. The lowest BCUT2D eigenvalue weighted by atomic mass is 10.1. The topological polar surface area (TPSA) is 119 Å². The number of fused-ring (bicyclic) bond motifs is 2. The number of thioether (sulfide) groups is 1. The lowest BCUT2D eigenvalue weighted by Crippen LogP contribution is -2.31. The van der Waals surface area contributed by atoms with Crippen molar-refractivity contribution < 1.29 is 27.8 Å². The van der Waals surface area contributed by atoms with Crippen LogP contribution in [0.3, 0.4) is 0 Å². The third kappa shape index (κ3) is 8.08. The average molecular weight is 689 g/mol. The minimum absolute atomic E-state index is 0.0555. The van der Waals surface area contributed by atoms with Crippen LogP contribution in [0.1, 0.15) is 67.2 Å². The average Bonchev–Trinajstić information content (AvgIpc) is 3.52. The molecule has 2 fully saturated rings. The number of hydrogen-bond donors (Lipinski definition) is 1. The zero-order valence-corrected chi connectivity index (χ0v) is 29.4. The van der Waals surface area contributed by atoms with Crippen LogP contribution in [0.25, 0.3) is 11.0 Å². The Bertz CT molecular complexity index is 1520. The van der Waals surface area contributed by atoms with Gasteiger partial charge in [0.25, 0.3) is 0 Å². The highest BCUT2D eigenvalue weighted by Crippen LogP contribution is 2.57. The number of aromatic nitrogens is 4. The number of nitrogens with zero attached hydrogens (tertiary/aromatic N) is 4. The van der Waals surface area contributed by atoms with Crippen molar-refractivity contribution in [2.45, 2.75) is 103 Å². The molecule has 2 saturated heterocycles. The summed E-state index contributed by atoms with van der Waals surface area (Å²) in [6.07, 6.45) is -0.260. The van der Waals surface area contributed by atoms with Gasteiger partial charge in [-0.2, -0.15) is 15.1 Å². The monoisotopic (exact) mass is 687 g/mol. The molecule has 2 aliphatic rings. The van der Waals surface area contributed by atoms with Crippen LogP contribution in [0.5, 0.6) is 0 Å². The summed E-state index contributed by atoms with van der Waals surface area (Å²) in [4.78, 5) is 8.89. The number of hydrogen-bond acceptors (Lipinski definition) is 11. The van der Waals surface area contributed by atoms with Crippen molar-refractivity contribution in [1.82, 2.24) is 19.7 Å². The van der Waals surface area contributed by atoms with Gasteiger partial charge in [-0.05, 0) is 78.6 Å². The Kier molecular flexibility index (Phi) is 9.72. The van der Waals surface area contributed by atoms with E-state index in [2.05, 4.69) is 20.4 Å². The van der Waals surface area contributed by atoms with Crippen molar-refractivity contribution in [3.63, 3.8) is 0 Å². The van der Waals surface area contributed by atoms with E-state index < -0.39 is 49.1 Å². The first kappa shape index (κ1) is 33.9. The van der Waals surface area contributed by atoms with Gasteiger partial charge in [0, 0.05) is 17.3 Å². The molecule has 1 aromatic carbocycles. The first-order valence-electron chi connectivity index (χ1n) is 14.4. The second-order valence-electron chi connectivity index (χ2n) is 13.3. The molecule has 1 N–H and O–H groups in total. The molecule has 0 aliphatic carbocycles. The summed E-state index contributed by atoms with van der Waals surface area (Å²) in [7, 11) is -3.44. The summed E-state index contributed by atoms with van der Waals surface area (Å²) in [6, 6.07) is 7.57. The molecule has 242 valence electrons. The van der Waals surface area contributed by atoms with Gasteiger partial charge in [0.2, 0.25) is 5.28 Å². The summed E-state index contributed by atoms with van der Waals surface area (Å²) >= 11 is 14.2. The van der Waals surface area contributed by atoms with E-state index in [-0.39, 0.29) is 10.8 Å². The van der Waals surface area contributed by atoms with Gasteiger partial charge < -0.3 is 28.6 Å². The van der Waals surface area contributed by atoms with Crippen LogP contribution in [-0.4, -0.2) is 66.3 Å². The molecule has 0 unspecified atom stereocenters. The smallest absolute Gasteiger partial charge is 0.341 e. The van der Waals surface area contributed by atoms with Gasteiger partial charge in [0.1, 0.15) is 18.0 Å². The van der Waals surface area contributed by atoms with Gasteiger partial charge in [-0.1, -0.05) is 29.8 Å². The van der Waals surface area contributed by atoms with E-state index in [0.29, 0.717) is 34.2 Å². The molecule has 0 amide bonds. The maximum absolute atomic E-state index is 13.8. The van der Waals surface area contributed by atoms with E-state index in [0.717, 1.165) is 5.56 Å². The maximum atomic E-state index is 13.8. The molecule has 11 nitrogen and oxygen atoms in total. The van der Waals surface area contributed by atoms with Crippen LogP contribution in [0.2, 0.25) is 10.3 Å². The Morgan fingerprint density at radius 3 is 2.36 bits per heavy atom. The quantitative estimate of drug-likeness (QED) is 0.167. The Morgan fingerprint density at radius 1 is 1.05 bits per heavy atom. The molecular formula is C29H40Cl2N5O6PS. The van der Waals surface area contributed by atoms with Crippen molar-refractivity contribution in [2.24, 2.45) is 0 Å². The van der Waals surface area contributed by atoms with Crippen molar-refractivity contribution in [2.75, 3.05) is 16.6 Å². The summed E-state index contributed by atoms with van der Waals surface area (Å²) in [5, 5.41) is 9.31. The standard InChI is InChI=1S/C29H40Cl2N5O6PS/c1-27(2,3)41-43(37,42-28(4,5)6)16-44-15-20-21-22(40-29(7,8)39-21)25(38-20)36-24-18(14-33-36)23(34-26(31)35-24)32-13-17-11-9-10-12-19(17)30/h9-12,14,20-22,25H,13,15-16H2,1-8H3,(H,32,34,35)/t20-,21-,22-,25-/m1/s1. The number of benzene rings is 1. The molecule has 3 aromatic rings. The normalized spacial score (nSPS) is 23.8.